The van der Waals surface area contributed by atoms with E-state index in [1.807, 2.05) is 35.9 Å². The van der Waals surface area contributed by atoms with Crippen LogP contribution in [0.5, 0.6) is 0 Å². The van der Waals surface area contributed by atoms with Gasteiger partial charge in [-0.2, -0.15) is 0 Å². The molecule has 102 valence electrons. The van der Waals surface area contributed by atoms with E-state index in [4.69, 9.17) is 11.6 Å². The second kappa shape index (κ2) is 5.15. The zero-order valence-corrected chi connectivity index (χ0v) is 12.1. The highest BCUT2D eigenvalue weighted by atomic mass is 35.5. The van der Waals surface area contributed by atoms with E-state index in [2.05, 4.69) is 15.5 Å². The summed E-state index contributed by atoms with van der Waals surface area (Å²) >= 11 is 7.27. The van der Waals surface area contributed by atoms with Gasteiger partial charge in [0.2, 0.25) is 4.80 Å². The molecule has 0 aliphatic heterocycles. The Hall–Kier alpha value is -2.05. The number of carbonyl (C=O) groups excluding carboxylic acids is 1. The lowest BCUT2D eigenvalue weighted by atomic mass is 10.3. The van der Waals surface area contributed by atoms with Gasteiger partial charge in [-0.3, -0.25) is 4.79 Å². The first-order valence-electron chi connectivity index (χ1n) is 5.88. The quantitative estimate of drug-likeness (QED) is 0.702. The van der Waals surface area contributed by atoms with Crippen LogP contribution in [-0.2, 0) is 7.05 Å². The lowest BCUT2D eigenvalue weighted by molar-refractivity contribution is 0.0948. The third-order valence-electron chi connectivity index (χ3n) is 2.86. The highest BCUT2D eigenvalue weighted by Gasteiger charge is 2.07. The summed E-state index contributed by atoms with van der Waals surface area (Å²) in [5.41, 5.74) is 3.97. The van der Waals surface area contributed by atoms with Crippen LogP contribution in [0.4, 0.5) is 0 Å². The molecular formula is C13H11ClN4OS. The summed E-state index contributed by atoms with van der Waals surface area (Å²) in [7, 11) is 1.91. The fourth-order valence-corrected chi connectivity index (χ4v) is 2.99. The molecule has 2 N–H and O–H groups in total. The first-order valence-corrected chi connectivity index (χ1v) is 7.07. The lowest BCUT2D eigenvalue weighted by Crippen LogP contribution is -2.23. The normalized spacial score (nSPS) is 12.0. The molecule has 0 aliphatic carbocycles. The van der Waals surface area contributed by atoms with Crippen molar-refractivity contribution >= 4 is 39.1 Å². The number of fused-ring (bicyclic) bond motifs is 1. The van der Waals surface area contributed by atoms with Crippen LogP contribution in [0.2, 0.25) is 5.02 Å². The van der Waals surface area contributed by atoms with Gasteiger partial charge in [0, 0.05) is 13.2 Å². The van der Waals surface area contributed by atoms with E-state index in [9.17, 15) is 4.79 Å². The van der Waals surface area contributed by atoms with Gasteiger partial charge in [-0.25, -0.2) is 5.43 Å². The molecule has 0 spiro atoms. The molecule has 20 heavy (non-hydrogen) atoms. The Kier molecular flexibility index (Phi) is 3.33. The van der Waals surface area contributed by atoms with E-state index < -0.39 is 0 Å². The van der Waals surface area contributed by atoms with Gasteiger partial charge in [0.25, 0.3) is 5.91 Å². The van der Waals surface area contributed by atoms with Crippen molar-refractivity contribution in [3.8, 4) is 0 Å². The van der Waals surface area contributed by atoms with Crippen LogP contribution in [0.1, 0.15) is 10.5 Å². The monoisotopic (exact) mass is 306 g/mol. The average Bonchev–Trinajstić information content (AvgIpc) is 3.01. The summed E-state index contributed by atoms with van der Waals surface area (Å²) in [4.78, 5) is 15.4. The average molecular weight is 307 g/mol. The van der Waals surface area contributed by atoms with Gasteiger partial charge in [0.1, 0.15) is 5.69 Å². The molecule has 2 heterocycles. The van der Waals surface area contributed by atoms with Gasteiger partial charge >= 0.3 is 0 Å². The van der Waals surface area contributed by atoms with E-state index in [-0.39, 0.29) is 5.91 Å². The van der Waals surface area contributed by atoms with Crippen LogP contribution < -0.4 is 10.2 Å². The highest BCUT2D eigenvalue weighted by Crippen LogP contribution is 2.15. The fraction of sp³-hybridized carbons (Fsp3) is 0.0769. The van der Waals surface area contributed by atoms with Crippen molar-refractivity contribution in [2.45, 2.75) is 0 Å². The van der Waals surface area contributed by atoms with Crippen LogP contribution in [0.25, 0.3) is 10.2 Å². The predicted octanol–water partition coefficient (Wildman–Crippen LogP) is 2.47. The van der Waals surface area contributed by atoms with E-state index >= 15 is 0 Å². The summed E-state index contributed by atoms with van der Waals surface area (Å²) in [5.74, 6) is -0.325. The van der Waals surface area contributed by atoms with Gasteiger partial charge in [0.15, 0.2) is 0 Å². The molecule has 0 saturated carbocycles. The first kappa shape index (κ1) is 13.0. The SMILES string of the molecule is Cn1/c(=N/NC(=O)c2cc(Cl)c[nH]2)sc2ccccc21. The lowest BCUT2D eigenvalue weighted by Gasteiger charge is -1.96. The van der Waals surface area contributed by atoms with Crippen molar-refractivity contribution in [1.29, 1.82) is 0 Å². The standard InChI is InChI=1S/C13H11ClN4OS/c1-18-10-4-2-3-5-11(10)20-13(18)17-16-12(19)9-6-8(14)7-15-9/h2-7,15H,1H3,(H,16,19)/b17-13-. The number of benzene rings is 1. The molecule has 0 unspecified atom stereocenters. The number of hydrogen-bond acceptors (Lipinski definition) is 3. The van der Waals surface area contributed by atoms with Crippen LogP contribution in [0.15, 0.2) is 41.6 Å². The number of amides is 1. The molecule has 7 heteroatoms. The number of hydrogen-bond donors (Lipinski definition) is 2. The first-order chi connectivity index (χ1) is 9.65. The number of H-pyrrole nitrogens is 1. The van der Waals surface area contributed by atoms with Crippen molar-refractivity contribution in [3.63, 3.8) is 0 Å². The third kappa shape index (κ3) is 2.35. The van der Waals surface area contributed by atoms with Crippen LogP contribution in [-0.4, -0.2) is 15.5 Å². The van der Waals surface area contributed by atoms with Crippen molar-refractivity contribution in [2.75, 3.05) is 0 Å². The Bertz CT molecular complexity index is 845. The maximum absolute atomic E-state index is 11.9. The Morgan fingerprint density at radius 2 is 2.25 bits per heavy atom. The molecule has 0 saturated heterocycles. The van der Waals surface area contributed by atoms with Gasteiger partial charge < -0.3 is 9.55 Å². The Labute approximate surface area is 123 Å². The maximum atomic E-state index is 11.9. The minimum atomic E-state index is -0.325. The molecule has 2 aromatic heterocycles. The molecule has 3 aromatic rings. The van der Waals surface area contributed by atoms with Gasteiger partial charge in [-0.15, -0.1) is 5.10 Å². The summed E-state index contributed by atoms with van der Waals surface area (Å²) in [6.07, 6.45) is 1.55. The second-order valence-electron chi connectivity index (χ2n) is 4.20. The number of halogens is 1. The topological polar surface area (TPSA) is 62.2 Å². The number of aromatic nitrogens is 2. The van der Waals surface area contributed by atoms with Crippen LogP contribution in [0, 0.1) is 0 Å². The molecule has 5 nitrogen and oxygen atoms in total. The van der Waals surface area contributed by atoms with E-state index in [1.165, 1.54) is 11.3 Å². The number of para-hydroxylation sites is 1. The summed E-state index contributed by atoms with van der Waals surface area (Å²) < 4.78 is 3.05. The molecule has 0 fully saturated rings. The molecule has 0 radical (unpaired) electrons. The Balaban J connectivity index is 1.91. The third-order valence-corrected chi connectivity index (χ3v) is 4.19. The fourth-order valence-electron chi connectivity index (χ4n) is 1.85. The second-order valence-corrected chi connectivity index (χ2v) is 5.64. The number of thiazole rings is 1. The molecule has 1 aromatic carbocycles. The van der Waals surface area contributed by atoms with Crippen molar-refractivity contribution < 1.29 is 4.79 Å². The van der Waals surface area contributed by atoms with Crippen LogP contribution in [0.3, 0.4) is 0 Å². The van der Waals surface area contributed by atoms with Gasteiger partial charge in [-0.05, 0) is 18.2 Å². The number of nitrogens with zero attached hydrogens (tertiary/aromatic N) is 2. The smallest absolute Gasteiger partial charge is 0.287 e. The number of nitrogens with one attached hydrogen (secondary N) is 2. The largest absolute Gasteiger partial charge is 0.356 e. The van der Waals surface area contributed by atoms with Crippen molar-refractivity contribution in [1.82, 2.24) is 15.0 Å². The molecule has 3 rings (SSSR count). The Morgan fingerprint density at radius 3 is 2.95 bits per heavy atom. The Morgan fingerprint density at radius 1 is 1.45 bits per heavy atom. The minimum Gasteiger partial charge on any atom is -0.356 e. The van der Waals surface area contributed by atoms with Gasteiger partial charge in [-0.1, -0.05) is 35.1 Å². The molecule has 0 atom stereocenters. The number of aryl methyl sites for hydroxylation is 1. The number of rotatable bonds is 2. The summed E-state index contributed by atoms with van der Waals surface area (Å²) in [5, 5.41) is 4.64. The van der Waals surface area contributed by atoms with Crippen molar-refractivity contribution in [3.05, 3.63) is 52.0 Å². The molecule has 0 aliphatic rings. The maximum Gasteiger partial charge on any atom is 0.287 e. The predicted molar refractivity (Wildman–Crippen MR) is 79.6 cm³/mol. The minimum absolute atomic E-state index is 0.325. The summed E-state index contributed by atoms with van der Waals surface area (Å²) in [6.45, 7) is 0. The summed E-state index contributed by atoms with van der Waals surface area (Å²) in [6, 6.07) is 9.53. The molecule has 0 bridgehead atoms. The molecule has 1 amide bonds. The molecular weight excluding hydrogens is 296 g/mol. The van der Waals surface area contributed by atoms with E-state index in [0.717, 1.165) is 15.0 Å². The van der Waals surface area contributed by atoms with Gasteiger partial charge in [0.05, 0.1) is 15.2 Å². The number of aromatic amines is 1. The zero-order valence-electron chi connectivity index (χ0n) is 10.6. The number of carbonyl (C=O) groups is 1. The van der Waals surface area contributed by atoms with E-state index in [1.54, 1.807) is 12.3 Å². The van der Waals surface area contributed by atoms with Crippen molar-refractivity contribution in [2.24, 2.45) is 12.1 Å². The van der Waals surface area contributed by atoms with Crippen LogP contribution >= 0.6 is 22.9 Å². The zero-order chi connectivity index (χ0) is 14.1. The van der Waals surface area contributed by atoms with E-state index in [0.29, 0.717) is 10.7 Å². The highest BCUT2D eigenvalue weighted by molar-refractivity contribution is 7.16.